The second kappa shape index (κ2) is 8.05. The van der Waals surface area contributed by atoms with E-state index in [1.807, 2.05) is 6.08 Å². The predicted octanol–water partition coefficient (Wildman–Crippen LogP) is 4.75. The Labute approximate surface area is 158 Å². The van der Waals surface area contributed by atoms with E-state index in [-0.39, 0.29) is 18.0 Å². The van der Waals surface area contributed by atoms with Crippen LogP contribution in [-0.2, 0) is 9.47 Å². The van der Waals surface area contributed by atoms with Crippen LogP contribution in [0.1, 0.15) is 32.1 Å². The normalized spacial score (nSPS) is 24.8. The topological polar surface area (TPSA) is 18.5 Å². The van der Waals surface area contributed by atoms with Crippen LogP contribution in [-0.4, -0.2) is 24.2 Å². The summed E-state index contributed by atoms with van der Waals surface area (Å²) in [5.41, 5.74) is 0. The van der Waals surface area contributed by atoms with Gasteiger partial charge in [-0.05, 0) is 31.4 Å². The number of hydrogen-bond donors (Lipinski definition) is 0. The fourth-order valence-corrected chi connectivity index (χ4v) is 6.54. The van der Waals surface area contributed by atoms with Crippen molar-refractivity contribution < 1.29 is 9.47 Å². The lowest BCUT2D eigenvalue weighted by atomic mass is 9.94. The van der Waals surface area contributed by atoms with Crippen LogP contribution < -0.4 is 10.6 Å². The average Bonchev–Trinajstić information content (AvgIpc) is 3.04. The molecule has 0 aromatic heterocycles. The van der Waals surface area contributed by atoms with Crippen LogP contribution in [0.2, 0.25) is 0 Å². The summed E-state index contributed by atoms with van der Waals surface area (Å²) in [6.07, 6.45) is 8.71. The maximum absolute atomic E-state index is 6.59. The van der Waals surface area contributed by atoms with E-state index in [0.717, 1.165) is 19.0 Å². The summed E-state index contributed by atoms with van der Waals surface area (Å²) in [5.74, 6) is -0.365. The molecule has 0 bridgehead atoms. The van der Waals surface area contributed by atoms with E-state index in [1.165, 1.54) is 29.9 Å². The molecule has 0 unspecified atom stereocenters. The van der Waals surface area contributed by atoms with Gasteiger partial charge in [0.25, 0.3) is 0 Å². The highest BCUT2D eigenvalue weighted by atomic mass is 31.1. The van der Waals surface area contributed by atoms with Gasteiger partial charge in [-0.2, -0.15) is 0 Å². The van der Waals surface area contributed by atoms with Gasteiger partial charge < -0.3 is 9.47 Å². The van der Waals surface area contributed by atoms with E-state index in [1.54, 1.807) is 0 Å². The number of rotatable bonds is 5. The lowest BCUT2D eigenvalue weighted by molar-refractivity contribution is -0.189. The Hall–Kier alpha value is -1.47. The van der Waals surface area contributed by atoms with Gasteiger partial charge in [-0.3, -0.25) is 0 Å². The van der Waals surface area contributed by atoms with Gasteiger partial charge in [-0.25, -0.2) is 0 Å². The molecule has 1 spiro atoms. The Morgan fingerprint density at radius 2 is 1.46 bits per heavy atom. The Kier molecular flexibility index (Phi) is 5.55. The molecule has 0 radical (unpaired) electrons. The molecule has 136 valence electrons. The molecule has 26 heavy (non-hydrogen) atoms. The number of hydrogen-bond acceptors (Lipinski definition) is 2. The van der Waals surface area contributed by atoms with Gasteiger partial charge in [0.1, 0.15) is 6.10 Å². The van der Waals surface area contributed by atoms with Crippen molar-refractivity contribution in [1.29, 1.82) is 0 Å². The third-order valence-electron chi connectivity index (χ3n) is 5.43. The Bertz CT molecular complexity index is 670. The van der Waals surface area contributed by atoms with Crippen molar-refractivity contribution in [2.75, 3.05) is 6.16 Å². The fraction of sp³-hybridized carbons (Fsp3) is 0.391. The molecule has 2 aromatic rings. The molecule has 3 heteroatoms. The van der Waals surface area contributed by atoms with Crippen LogP contribution in [0, 0.1) is 0 Å². The molecule has 1 aliphatic heterocycles. The third-order valence-corrected chi connectivity index (χ3v) is 8.00. The standard InChI is InChI=1S/C23H27O2P/c1-2-21-22(25-23(24-21)16-10-5-11-17-23)18-26(19-12-6-3-7-13-19)20-14-8-4-9-15-20/h2-4,6-9,12-15,21-22H,1,5,10-11,16-18H2/t21-,22-/m0/s1. The first kappa shape index (κ1) is 17.9. The minimum Gasteiger partial charge on any atom is -0.343 e. The summed E-state index contributed by atoms with van der Waals surface area (Å²) < 4.78 is 13.0. The Morgan fingerprint density at radius 3 is 2.00 bits per heavy atom. The third kappa shape index (κ3) is 3.78. The van der Waals surface area contributed by atoms with Crippen LogP contribution >= 0.6 is 7.92 Å². The molecule has 1 aliphatic carbocycles. The van der Waals surface area contributed by atoms with Crippen molar-refractivity contribution in [3.8, 4) is 0 Å². The molecule has 1 saturated heterocycles. The zero-order chi connectivity index (χ0) is 17.8. The van der Waals surface area contributed by atoms with Crippen LogP contribution in [0.5, 0.6) is 0 Å². The summed E-state index contributed by atoms with van der Waals surface area (Å²) >= 11 is 0. The van der Waals surface area contributed by atoms with Crippen LogP contribution in [0.25, 0.3) is 0 Å². The second-order valence-electron chi connectivity index (χ2n) is 7.23. The molecule has 0 amide bonds. The van der Waals surface area contributed by atoms with E-state index < -0.39 is 7.92 Å². The lowest BCUT2D eigenvalue weighted by Gasteiger charge is -2.32. The van der Waals surface area contributed by atoms with Crippen molar-refractivity contribution in [3.63, 3.8) is 0 Å². The highest BCUT2D eigenvalue weighted by Crippen LogP contribution is 2.45. The quantitative estimate of drug-likeness (QED) is 0.562. The maximum Gasteiger partial charge on any atom is 0.169 e. The summed E-state index contributed by atoms with van der Waals surface area (Å²) in [6.45, 7) is 4.03. The minimum atomic E-state index is -0.485. The summed E-state index contributed by atoms with van der Waals surface area (Å²) in [5, 5.41) is 2.79. The molecular weight excluding hydrogens is 339 g/mol. The molecule has 2 aliphatic rings. The van der Waals surface area contributed by atoms with Crippen molar-refractivity contribution in [3.05, 3.63) is 73.3 Å². The molecule has 1 saturated carbocycles. The molecule has 2 aromatic carbocycles. The fourth-order valence-electron chi connectivity index (χ4n) is 4.12. The van der Waals surface area contributed by atoms with E-state index >= 15 is 0 Å². The van der Waals surface area contributed by atoms with Crippen molar-refractivity contribution in [1.82, 2.24) is 0 Å². The first-order chi connectivity index (χ1) is 12.8. The Balaban J connectivity index is 1.60. The van der Waals surface area contributed by atoms with Gasteiger partial charge >= 0.3 is 0 Å². The van der Waals surface area contributed by atoms with E-state index in [9.17, 15) is 0 Å². The summed E-state index contributed by atoms with van der Waals surface area (Å²) in [4.78, 5) is 0. The van der Waals surface area contributed by atoms with Crippen LogP contribution in [0.15, 0.2) is 73.3 Å². The number of benzene rings is 2. The molecule has 4 rings (SSSR count). The largest absolute Gasteiger partial charge is 0.343 e. The van der Waals surface area contributed by atoms with Crippen LogP contribution in [0.3, 0.4) is 0 Å². The molecule has 0 N–H and O–H groups in total. The van der Waals surface area contributed by atoms with E-state index in [4.69, 9.17) is 9.47 Å². The van der Waals surface area contributed by atoms with E-state index in [0.29, 0.717) is 0 Å². The van der Waals surface area contributed by atoms with Gasteiger partial charge in [0.05, 0.1) is 6.10 Å². The highest BCUT2D eigenvalue weighted by molar-refractivity contribution is 7.73. The monoisotopic (exact) mass is 366 g/mol. The smallest absolute Gasteiger partial charge is 0.169 e. The van der Waals surface area contributed by atoms with Crippen molar-refractivity contribution in [2.24, 2.45) is 0 Å². The van der Waals surface area contributed by atoms with Crippen molar-refractivity contribution in [2.45, 2.75) is 50.1 Å². The lowest BCUT2D eigenvalue weighted by Crippen LogP contribution is -2.34. The zero-order valence-corrected chi connectivity index (χ0v) is 16.1. The molecule has 1 heterocycles. The average molecular weight is 366 g/mol. The van der Waals surface area contributed by atoms with Gasteiger partial charge in [-0.15, -0.1) is 6.58 Å². The van der Waals surface area contributed by atoms with Gasteiger partial charge in [0.15, 0.2) is 5.79 Å². The first-order valence-electron chi connectivity index (χ1n) is 9.65. The maximum atomic E-state index is 6.59. The predicted molar refractivity (Wildman–Crippen MR) is 110 cm³/mol. The van der Waals surface area contributed by atoms with E-state index in [2.05, 4.69) is 67.2 Å². The van der Waals surface area contributed by atoms with Crippen LogP contribution in [0.4, 0.5) is 0 Å². The molecule has 2 fully saturated rings. The highest BCUT2D eigenvalue weighted by Gasteiger charge is 2.47. The van der Waals surface area contributed by atoms with Gasteiger partial charge in [0, 0.05) is 19.0 Å². The first-order valence-corrected chi connectivity index (χ1v) is 11.2. The zero-order valence-electron chi connectivity index (χ0n) is 15.2. The SMILES string of the molecule is C=C[C@@H]1OC2(CCCCC2)O[C@H]1CP(c1ccccc1)c1ccccc1. The summed E-state index contributed by atoms with van der Waals surface area (Å²) in [7, 11) is -0.485. The Morgan fingerprint density at radius 1 is 0.885 bits per heavy atom. The van der Waals surface area contributed by atoms with Crippen molar-refractivity contribution >= 4 is 18.5 Å². The van der Waals surface area contributed by atoms with Gasteiger partial charge in [-0.1, -0.05) is 73.2 Å². The molecular formula is C23H27O2P. The molecule has 2 nitrogen and oxygen atoms in total. The second-order valence-corrected chi connectivity index (χ2v) is 9.48. The minimum absolute atomic E-state index is 0.00877. The molecule has 2 atom stereocenters. The van der Waals surface area contributed by atoms with Gasteiger partial charge in [0.2, 0.25) is 0 Å². The summed E-state index contributed by atoms with van der Waals surface area (Å²) in [6, 6.07) is 21.7. The number of ether oxygens (including phenoxy) is 2.